The van der Waals surface area contributed by atoms with Crippen LogP contribution in [0.1, 0.15) is 26.2 Å². The zero-order valence-electron chi connectivity index (χ0n) is 10.3. The van der Waals surface area contributed by atoms with Gasteiger partial charge in [0.25, 0.3) is 0 Å². The molecule has 7 nitrogen and oxygen atoms in total. The molecular formula is C11H17N5O2. The van der Waals surface area contributed by atoms with Gasteiger partial charge in [0, 0.05) is 13.1 Å². The standard InChI is InChI=1S/C11H17N5O2/c1-2-12-10-9(16(17)18)11(15-7-14-10)13-6-5-8-3-4-8/h7-8H,2-6H2,1H3,(H2,12,13,14,15). The number of anilines is 2. The number of hydrogen-bond acceptors (Lipinski definition) is 6. The van der Waals surface area contributed by atoms with E-state index >= 15 is 0 Å². The second-order valence-corrected chi connectivity index (χ2v) is 4.37. The summed E-state index contributed by atoms with van der Waals surface area (Å²) in [7, 11) is 0. The van der Waals surface area contributed by atoms with Gasteiger partial charge in [-0.25, -0.2) is 9.97 Å². The zero-order valence-corrected chi connectivity index (χ0v) is 10.3. The molecule has 18 heavy (non-hydrogen) atoms. The van der Waals surface area contributed by atoms with Gasteiger partial charge in [-0.1, -0.05) is 12.8 Å². The van der Waals surface area contributed by atoms with E-state index in [9.17, 15) is 10.1 Å². The van der Waals surface area contributed by atoms with Crippen LogP contribution in [-0.2, 0) is 0 Å². The van der Waals surface area contributed by atoms with Crippen LogP contribution in [0.15, 0.2) is 6.33 Å². The third-order valence-corrected chi connectivity index (χ3v) is 2.89. The molecule has 0 unspecified atom stereocenters. The lowest BCUT2D eigenvalue weighted by Crippen LogP contribution is -2.10. The van der Waals surface area contributed by atoms with Crippen molar-refractivity contribution in [3.8, 4) is 0 Å². The number of nitro groups is 1. The van der Waals surface area contributed by atoms with Crippen LogP contribution in [0.25, 0.3) is 0 Å². The fraction of sp³-hybridized carbons (Fsp3) is 0.636. The minimum absolute atomic E-state index is 0.0739. The first-order valence-electron chi connectivity index (χ1n) is 6.19. The fourth-order valence-electron chi connectivity index (χ4n) is 1.78. The van der Waals surface area contributed by atoms with Crippen molar-refractivity contribution in [2.75, 3.05) is 23.7 Å². The van der Waals surface area contributed by atoms with Crippen molar-refractivity contribution in [1.29, 1.82) is 0 Å². The smallest absolute Gasteiger partial charge is 0.353 e. The van der Waals surface area contributed by atoms with E-state index in [0.29, 0.717) is 18.9 Å². The molecular weight excluding hydrogens is 234 g/mol. The maximum absolute atomic E-state index is 11.1. The highest BCUT2D eigenvalue weighted by Crippen LogP contribution is 2.33. The molecule has 1 saturated carbocycles. The van der Waals surface area contributed by atoms with E-state index in [0.717, 1.165) is 12.3 Å². The zero-order chi connectivity index (χ0) is 13.0. The van der Waals surface area contributed by atoms with Gasteiger partial charge in [0.1, 0.15) is 6.33 Å². The lowest BCUT2D eigenvalue weighted by atomic mass is 10.3. The molecule has 1 fully saturated rings. The predicted molar refractivity (Wildman–Crippen MR) is 68.7 cm³/mol. The molecule has 98 valence electrons. The molecule has 7 heteroatoms. The molecule has 0 spiro atoms. The quantitative estimate of drug-likeness (QED) is 0.569. The molecule has 1 aliphatic rings. The molecule has 1 aromatic rings. The summed E-state index contributed by atoms with van der Waals surface area (Å²) in [4.78, 5) is 18.5. The van der Waals surface area contributed by atoms with E-state index < -0.39 is 4.92 Å². The van der Waals surface area contributed by atoms with E-state index in [1.165, 1.54) is 19.2 Å². The highest BCUT2D eigenvalue weighted by Gasteiger charge is 2.24. The third kappa shape index (κ3) is 3.06. The molecule has 0 bridgehead atoms. The van der Waals surface area contributed by atoms with Crippen LogP contribution in [-0.4, -0.2) is 28.0 Å². The predicted octanol–water partition coefficient (Wildman–Crippen LogP) is 2.03. The molecule has 1 aliphatic carbocycles. The van der Waals surface area contributed by atoms with Crippen molar-refractivity contribution >= 4 is 17.3 Å². The van der Waals surface area contributed by atoms with Crippen LogP contribution in [0.3, 0.4) is 0 Å². The van der Waals surface area contributed by atoms with Crippen LogP contribution in [0, 0.1) is 16.0 Å². The Morgan fingerprint density at radius 3 is 2.61 bits per heavy atom. The summed E-state index contributed by atoms with van der Waals surface area (Å²) < 4.78 is 0. The number of nitrogens with zero attached hydrogens (tertiary/aromatic N) is 3. The number of nitrogens with one attached hydrogen (secondary N) is 2. The number of hydrogen-bond donors (Lipinski definition) is 2. The van der Waals surface area contributed by atoms with Crippen LogP contribution < -0.4 is 10.6 Å². The molecule has 0 aromatic carbocycles. The van der Waals surface area contributed by atoms with Crippen LogP contribution in [0.2, 0.25) is 0 Å². The molecule has 1 heterocycles. The Hall–Kier alpha value is -1.92. The summed E-state index contributed by atoms with van der Waals surface area (Å²) in [5.41, 5.74) is -0.0739. The Morgan fingerprint density at radius 1 is 1.39 bits per heavy atom. The van der Waals surface area contributed by atoms with E-state index in [-0.39, 0.29) is 11.5 Å². The minimum Gasteiger partial charge on any atom is -0.364 e. The Bertz CT molecular complexity index is 433. The Morgan fingerprint density at radius 2 is 2.06 bits per heavy atom. The van der Waals surface area contributed by atoms with Gasteiger partial charge in [-0.3, -0.25) is 10.1 Å². The second-order valence-electron chi connectivity index (χ2n) is 4.37. The normalized spacial score (nSPS) is 14.3. The maximum Gasteiger partial charge on any atom is 0.353 e. The summed E-state index contributed by atoms with van der Waals surface area (Å²) in [5.74, 6) is 1.35. The van der Waals surface area contributed by atoms with Gasteiger partial charge in [0.15, 0.2) is 0 Å². The van der Waals surface area contributed by atoms with Crippen molar-refractivity contribution in [2.24, 2.45) is 5.92 Å². The average molecular weight is 251 g/mol. The molecule has 0 aliphatic heterocycles. The Balaban J connectivity index is 2.10. The van der Waals surface area contributed by atoms with Gasteiger partial charge in [-0.05, 0) is 19.3 Å². The fourth-order valence-corrected chi connectivity index (χ4v) is 1.78. The topological polar surface area (TPSA) is 93.0 Å². The molecule has 2 N–H and O–H groups in total. The largest absolute Gasteiger partial charge is 0.364 e. The van der Waals surface area contributed by atoms with Gasteiger partial charge in [-0.15, -0.1) is 0 Å². The number of aromatic nitrogens is 2. The second kappa shape index (κ2) is 5.61. The highest BCUT2D eigenvalue weighted by atomic mass is 16.6. The molecule has 2 rings (SSSR count). The summed E-state index contributed by atoms with van der Waals surface area (Å²) in [5, 5.41) is 17.0. The molecule has 1 aromatic heterocycles. The van der Waals surface area contributed by atoms with Crippen molar-refractivity contribution in [1.82, 2.24) is 9.97 Å². The van der Waals surface area contributed by atoms with Gasteiger partial charge < -0.3 is 10.6 Å². The average Bonchev–Trinajstić information content (AvgIpc) is 3.13. The maximum atomic E-state index is 11.1. The van der Waals surface area contributed by atoms with Crippen molar-refractivity contribution < 1.29 is 4.92 Å². The molecule has 0 radical (unpaired) electrons. The summed E-state index contributed by atoms with van der Waals surface area (Å²) in [6, 6.07) is 0. The van der Waals surface area contributed by atoms with Gasteiger partial charge in [0.2, 0.25) is 11.6 Å². The minimum atomic E-state index is -0.447. The molecule has 0 atom stereocenters. The van der Waals surface area contributed by atoms with E-state index in [2.05, 4.69) is 20.6 Å². The van der Waals surface area contributed by atoms with Crippen LogP contribution in [0.4, 0.5) is 17.3 Å². The van der Waals surface area contributed by atoms with Gasteiger partial charge in [0.05, 0.1) is 4.92 Å². The monoisotopic (exact) mass is 251 g/mol. The van der Waals surface area contributed by atoms with E-state index in [4.69, 9.17) is 0 Å². The van der Waals surface area contributed by atoms with Crippen molar-refractivity contribution in [3.63, 3.8) is 0 Å². The van der Waals surface area contributed by atoms with Gasteiger partial charge >= 0.3 is 5.69 Å². The van der Waals surface area contributed by atoms with Crippen LogP contribution in [0.5, 0.6) is 0 Å². The van der Waals surface area contributed by atoms with Gasteiger partial charge in [-0.2, -0.15) is 0 Å². The van der Waals surface area contributed by atoms with Crippen molar-refractivity contribution in [2.45, 2.75) is 26.2 Å². The first-order valence-corrected chi connectivity index (χ1v) is 6.19. The van der Waals surface area contributed by atoms with E-state index in [1.54, 1.807) is 0 Å². The molecule has 0 saturated heterocycles. The number of rotatable bonds is 7. The first-order chi connectivity index (χ1) is 8.72. The lowest BCUT2D eigenvalue weighted by molar-refractivity contribution is -0.383. The first kappa shape index (κ1) is 12.5. The molecule has 0 amide bonds. The van der Waals surface area contributed by atoms with Crippen molar-refractivity contribution in [3.05, 3.63) is 16.4 Å². The third-order valence-electron chi connectivity index (χ3n) is 2.89. The lowest BCUT2D eigenvalue weighted by Gasteiger charge is -2.08. The van der Waals surface area contributed by atoms with Crippen LogP contribution >= 0.6 is 0 Å². The summed E-state index contributed by atoms with van der Waals surface area (Å²) in [6.45, 7) is 3.17. The Labute approximate surface area is 105 Å². The van der Waals surface area contributed by atoms with E-state index in [1.807, 2.05) is 6.92 Å². The summed E-state index contributed by atoms with van der Waals surface area (Å²) >= 11 is 0. The Kier molecular flexibility index (Phi) is 3.91. The highest BCUT2D eigenvalue weighted by molar-refractivity contribution is 5.69. The SMILES string of the molecule is CCNc1ncnc(NCCC2CC2)c1[N+](=O)[O-]. The summed E-state index contributed by atoms with van der Waals surface area (Å²) in [6.07, 6.45) is 4.93.